The van der Waals surface area contributed by atoms with Gasteiger partial charge in [0.2, 0.25) is 5.91 Å². The third kappa shape index (κ3) is 4.52. The normalized spacial score (nSPS) is 15.9. The fourth-order valence-electron chi connectivity index (χ4n) is 3.59. The van der Waals surface area contributed by atoms with Crippen molar-refractivity contribution in [1.82, 2.24) is 15.2 Å². The van der Waals surface area contributed by atoms with Crippen LogP contribution in [0.1, 0.15) is 0 Å². The molecule has 6 nitrogen and oxygen atoms in total. The molecule has 150 valence electrons. The van der Waals surface area contributed by atoms with Gasteiger partial charge < -0.3 is 15.2 Å². The number of aliphatic hydroxyl groups excluding tert-OH is 1. The van der Waals surface area contributed by atoms with Gasteiger partial charge >= 0.3 is 0 Å². The molecule has 1 atom stereocenters. The lowest BCUT2D eigenvalue weighted by Gasteiger charge is -2.28. The SMILES string of the molecule is O=C1CN(CC(O)COc2ccc(-c3cncc(F)c3)c3ccccc23)CCN1. The van der Waals surface area contributed by atoms with Gasteiger partial charge in [-0.2, -0.15) is 0 Å². The molecule has 2 aromatic carbocycles. The molecule has 0 aliphatic carbocycles. The van der Waals surface area contributed by atoms with E-state index in [1.165, 1.54) is 12.3 Å². The number of β-amino-alcohol motifs (C(OH)–C–C–N with tert-alkyl or cyclic N) is 1. The van der Waals surface area contributed by atoms with E-state index in [0.29, 0.717) is 30.9 Å². The standard InChI is InChI=1S/C22H22FN3O3/c23-16-9-15(10-24-11-16)18-5-6-21(20-4-2-1-3-19(18)20)29-14-17(27)12-26-8-7-25-22(28)13-26/h1-6,9-11,17,27H,7-8,12-14H2,(H,25,28). The van der Waals surface area contributed by atoms with Gasteiger partial charge in [0.15, 0.2) is 0 Å². The number of carbonyl (C=O) groups is 1. The summed E-state index contributed by atoms with van der Waals surface area (Å²) in [5.41, 5.74) is 1.55. The maximum absolute atomic E-state index is 13.6. The minimum Gasteiger partial charge on any atom is -0.490 e. The minimum atomic E-state index is -0.716. The Balaban J connectivity index is 1.51. The van der Waals surface area contributed by atoms with E-state index in [4.69, 9.17) is 4.74 Å². The van der Waals surface area contributed by atoms with Crippen LogP contribution in [0.2, 0.25) is 0 Å². The molecule has 0 bridgehead atoms. The second kappa shape index (κ2) is 8.55. The first-order chi connectivity index (χ1) is 14.1. The fourth-order valence-corrected chi connectivity index (χ4v) is 3.59. The molecule has 2 heterocycles. The van der Waals surface area contributed by atoms with E-state index in [1.54, 1.807) is 6.20 Å². The molecule has 0 saturated carbocycles. The Hall–Kier alpha value is -3.03. The molecule has 1 aromatic heterocycles. The zero-order chi connectivity index (χ0) is 20.2. The maximum Gasteiger partial charge on any atom is 0.234 e. The van der Waals surface area contributed by atoms with Gasteiger partial charge in [0.05, 0.1) is 12.7 Å². The van der Waals surface area contributed by atoms with Crippen LogP contribution in [0.25, 0.3) is 21.9 Å². The summed E-state index contributed by atoms with van der Waals surface area (Å²) in [6.07, 6.45) is 2.09. The molecule has 1 fully saturated rings. The van der Waals surface area contributed by atoms with Crippen molar-refractivity contribution in [1.29, 1.82) is 0 Å². The monoisotopic (exact) mass is 395 g/mol. The van der Waals surface area contributed by atoms with Crippen LogP contribution in [0, 0.1) is 5.82 Å². The lowest BCUT2D eigenvalue weighted by molar-refractivity contribution is -0.124. The topological polar surface area (TPSA) is 74.7 Å². The average molecular weight is 395 g/mol. The molecular weight excluding hydrogens is 373 g/mol. The summed E-state index contributed by atoms with van der Waals surface area (Å²) in [5, 5.41) is 14.9. The smallest absolute Gasteiger partial charge is 0.234 e. The number of aromatic nitrogens is 1. The number of fused-ring (bicyclic) bond motifs is 1. The highest BCUT2D eigenvalue weighted by Gasteiger charge is 2.19. The third-order valence-corrected chi connectivity index (χ3v) is 4.92. The number of hydrogen-bond acceptors (Lipinski definition) is 5. The van der Waals surface area contributed by atoms with Gasteiger partial charge in [-0.15, -0.1) is 0 Å². The van der Waals surface area contributed by atoms with E-state index >= 15 is 0 Å². The molecule has 3 aromatic rings. The van der Waals surface area contributed by atoms with Gasteiger partial charge in [-0.05, 0) is 29.1 Å². The second-order valence-corrected chi connectivity index (χ2v) is 7.10. The summed E-state index contributed by atoms with van der Waals surface area (Å²) in [7, 11) is 0. The first-order valence-corrected chi connectivity index (χ1v) is 9.53. The number of ether oxygens (including phenoxy) is 1. The van der Waals surface area contributed by atoms with Crippen molar-refractivity contribution in [3.05, 3.63) is 60.7 Å². The van der Waals surface area contributed by atoms with E-state index in [9.17, 15) is 14.3 Å². The number of benzene rings is 2. The quantitative estimate of drug-likeness (QED) is 0.670. The largest absolute Gasteiger partial charge is 0.490 e. The Morgan fingerprint density at radius 1 is 1.21 bits per heavy atom. The fraction of sp³-hybridized carbons (Fsp3) is 0.273. The number of nitrogens with one attached hydrogen (secondary N) is 1. The molecular formula is C22H22FN3O3. The van der Waals surface area contributed by atoms with Crippen LogP contribution in [-0.4, -0.2) is 59.8 Å². The van der Waals surface area contributed by atoms with Crippen molar-refractivity contribution in [2.75, 3.05) is 32.8 Å². The summed E-state index contributed by atoms with van der Waals surface area (Å²) < 4.78 is 19.5. The van der Waals surface area contributed by atoms with Gasteiger partial charge in [0.25, 0.3) is 0 Å². The predicted octanol–water partition coefficient (Wildman–Crippen LogP) is 2.21. The maximum atomic E-state index is 13.6. The number of nitrogens with zero attached hydrogens (tertiary/aromatic N) is 2. The van der Waals surface area contributed by atoms with Gasteiger partial charge in [-0.3, -0.25) is 14.7 Å². The highest BCUT2D eigenvalue weighted by Crippen LogP contribution is 2.34. The summed E-state index contributed by atoms with van der Waals surface area (Å²) in [6.45, 7) is 2.08. The van der Waals surface area contributed by atoms with Crippen LogP contribution >= 0.6 is 0 Å². The molecule has 2 N–H and O–H groups in total. The summed E-state index contributed by atoms with van der Waals surface area (Å²) in [6, 6.07) is 12.9. The van der Waals surface area contributed by atoms with E-state index in [1.807, 2.05) is 41.3 Å². The minimum absolute atomic E-state index is 0.0298. The van der Waals surface area contributed by atoms with Crippen molar-refractivity contribution < 1.29 is 19.0 Å². The molecule has 1 unspecified atom stereocenters. The predicted molar refractivity (Wildman–Crippen MR) is 108 cm³/mol. The van der Waals surface area contributed by atoms with Crippen molar-refractivity contribution in [3.8, 4) is 16.9 Å². The third-order valence-electron chi connectivity index (χ3n) is 4.92. The van der Waals surface area contributed by atoms with Gasteiger partial charge in [0, 0.05) is 36.8 Å². The number of carbonyl (C=O) groups excluding carboxylic acids is 1. The van der Waals surface area contributed by atoms with Crippen molar-refractivity contribution in [3.63, 3.8) is 0 Å². The molecule has 1 amide bonds. The van der Waals surface area contributed by atoms with Crippen molar-refractivity contribution >= 4 is 16.7 Å². The van der Waals surface area contributed by atoms with Crippen molar-refractivity contribution in [2.24, 2.45) is 0 Å². The number of aliphatic hydroxyl groups is 1. The Kier molecular flexibility index (Phi) is 5.69. The van der Waals surface area contributed by atoms with E-state index < -0.39 is 6.10 Å². The number of pyridine rings is 1. The number of hydrogen-bond donors (Lipinski definition) is 2. The zero-order valence-corrected chi connectivity index (χ0v) is 15.8. The molecule has 0 spiro atoms. The lowest BCUT2D eigenvalue weighted by Crippen LogP contribution is -2.50. The number of halogens is 1. The molecule has 0 radical (unpaired) electrons. The molecule has 4 rings (SSSR count). The van der Waals surface area contributed by atoms with Crippen molar-refractivity contribution in [2.45, 2.75) is 6.10 Å². The Labute approximate surface area is 167 Å². The highest BCUT2D eigenvalue weighted by atomic mass is 19.1. The van der Waals surface area contributed by atoms with Crippen LogP contribution in [0.5, 0.6) is 5.75 Å². The number of amides is 1. The second-order valence-electron chi connectivity index (χ2n) is 7.10. The van der Waals surface area contributed by atoms with Crippen LogP contribution in [0.15, 0.2) is 54.9 Å². The molecule has 1 saturated heterocycles. The number of piperazine rings is 1. The zero-order valence-electron chi connectivity index (χ0n) is 15.8. The highest BCUT2D eigenvalue weighted by molar-refractivity contribution is 6.00. The number of rotatable bonds is 6. The Bertz CT molecular complexity index is 1030. The summed E-state index contributed by atoms with van der Waals surface area (Å²) >= 11 is 0. The summed E-state index contributed by atoms with van der Waals surface area (Å²) in [4.78, 5) is 17.3. The molecule has 1 aliphatic heterocycles. The Morgan fingerprint density at radius 2 is 2.03 bits per heavy atom. The lowest BCUT2D eigenvalue weighted by atomic mass is 9.99. The van der Waals surface area contributed by atoms with Gasteiger partial charge in [0.1, 0.15) is 24.3 Å². The van der Waals surface area contributed by atoms with Crippen LogP contribution < -0.4 is 10.1 Å². The summed E-state index contributed by atoms with van der Waals surface area (Å²) in [5.74, 6) is 0.225. The van der Waals surface area contributed by atoms with Crippen LogP contribution in [0.4, 0.5) is 4.39 Å². The van der Waals surface area contributed by atoms with Crippen LogP contribution in [0.3, 0.4) is 0 Å². The first kappa shape index (κ1) is 19.3. The molecule has 29 heavy (non-hydrogen) atoms. The van der Waals surface area contributed by atoms with Gasteiger partial charge in [-0.1, -0.05) is 24.3 Å². The van der Waals surface area contributed by atoms with Gasteiger partial charge in [-0.25, -0.2) is 4.39 Å². The van der Waals surface area contributed by atoms with E-state index in [0.717, 1.165) is 16.3 Å². The van der Waals surface area contributed by atoms with E-state index in [2.05, 4.69) is 10.3 Å². The molecule has 7 heteroatoms. The van der Waals surface area contributed by atoms with E-state index in [-0.39, 0.29) is 24.9 Å². The Morgan fingerprint density at radius 3 is 2.83 bits per heavy atom. The first-order valence-electron chi connectivity index (χ1n) is 9.53. The van der Waals surface area contributed by atoms with Crippen LogP contribution in [-0.2, 0) is 4.79 Å². The molecule has 1 aliphatic rings. The average Bonchev–Trinajstić information content (AvgIpc) is 2.72.